The van der Waals surface area contributed by atoms with E-state index in [1.807, 2.05) is 48.5 Å². The largest absolute Gasteiger partial charge is 0.340 e. The van der Waals surface area contributed by atoms with Crippen molar-refractivity contribution in [1.29, 1.82) is 0 Å². The molecule has 2 aromatic carbocycles. The lowest BCUT2D eigenvalue weighted by Gasteiger charge is -2.12. The highest BCUT2D eigenvalue weighted by Gasteiger charge is 2.11. The third kappa shape index (κ3) is 4.93. The zero-order chi connectivity index (χ0) is 21.6. The summed E-state index contributed by atoms with van der Waals surface area (Å²) >= 11 is 0. The molecule has 0 aliphatic heterocycles. The maximum absolute atomic E-state index is 12.8. The molecule has 0 spiro atoms. The van der Waals surface area contributed by atoms with Crippen molar-refractivity contribution in [2.45, 2.75) is 19.8 Å². The van der Waals surface area contributed by atoms with Gasteiger partial charge in [0.2, 0.25) is 0 Å². The summed E-state index contributed by atoms with van der Waals surface area (Å²) in [4.78, 5) is 25.5. The molecule has 2 aromatic heterocycles. The zero-order valence-corrected chi connectivity index (χ0v) is 17.4. The number of hydrogen-bond donors (Lipinski definition) is 2. The highest BCUT2D eigenvalue weighted by Crippen LogP contribution is 2.27. The standard InChI is InChI=1S/C25H23N5O/c1-17(2)18-6-3-9-21(14-18)30-25(31)19-7-4-8-20(15-19)29-24-22(10-5-12-27-24)23-11-13-26-16-28-23/h3-17H,1-2H3,(H,27,29)(H,30,31). The van der Waals surface area contributed by atoms with Crippen LogP contribution in [0.15, 0.2) is 85.5 Å². The molecule has 0 aliphatic carbocycles. The predicted molar refractivity (Wildman–Crippen MR) is 123 cm³/mol. The minimum atomic E-state index is -0.165. The molecule has 0 saturated heterocycles. The summed E-state index contributed by atoms with van der Waals surface area (Å²) in [5.74, 6) is 0.886. The number of aromatic nitrogens is 3. The van der Waals surface area contributed by atoms with E-state index in [1.165, 1.54) is 11.9 Å². The summed E-state index contributed by atoms with van der Waals surface area (Å²) in [5, 5.41) is 6.29. The van der Waals surface area contributed by atoms with Crippen molar-refractivity contribution in [3.63, 3.8) is 0 Å². The number of anilines is 3. The Morgan fingerprint density at radius 2 is 1.71 bits per heavy atom. The number of nitrogens with zero attached hydrogens (tertiary/aromatic N) is 3. The van der Waals surface area contributed by atoms with Crippen LogP contribution in [0.25, 0.3) is 11.3 Å². The molecule has 0 bridgehead atoms. The molecule has 31 heavy (non-hydrogen) atoms. The van der Waals surface area contributed by atoms with Gasteiger partial charge in [-0.25, -0.2) is 15.0 Å². The second-order valence-electron chi connectivity index (χ2n) is 7.43. The second-order valence-corrected chi connectivity index (χ2v) is 7.43. The average molecular weight is 409 g/mol. The topological polar surface area (TPSA) is 79.8 Å². The molecule has 2 N–H and O–H groups in total. The molecule has 6 heteroatoms. The number of amides is 1. The molecule has 0 fully saturated rings. The van der Waals surface area contributed by atoms with Gasteiger partial charge in [0.05, 0.1) is 5.69 Å². The van der Waals surface area contributed by atoms with E-state index in [2.05, 4.69) is 45.5 Å². The number of benzene rings is 2. The fourth-order valence-corrected chi connectivity index (χ4v) is 3.22. The first kappa shape index (κ1) is 20.2. The zero-order valence-electron chi connectivity index (χ0n) is 17.4. The van der Waals surface area contributed by atoms with Crippen LogP contribution in [0.2, 0.25) is 0 Å². The van der Waals surface area contributed by atoms with Crippen LogP contribution >= 0.6 is 0 Å². The summed E-state index contributed by atoms with van der Waals surface area (Å²) in [5.41, 5.74) is 4.90. The first-order chi connectivity index (χ1) is 15.1. The van der Waals surface area contributed by atoms with Gasteiger partial charge in [0.1, 0.15) is 12.1 Å². The minimum Gasteiger partial charge on any atom is -0.340 e. The number of hydrogen-bond acceptors (Lipinski definition) is 5. The lowest BCUT2D eigenvalue weighted by molar-refractivity contribution is 0.102. The van der Waals surface area contributed by atoms with E-state index >= 15 is 0 Å². The van der Waals surface area contributed by atoms with Crippen molar-refractivity contribution in [3.05, 3.63) is 96.6 Å². The van der Waals surface area contributed by atoms with Crippen LogP contribution in [-0.2, 0) is 0 Å². The van der Waals surface area contributed by atoms with Crippen molar-refractivity contribution in [3.8, 4) is 11.3 Å². The van der Waals surface area contributed by atoms with Gasteiger partial charge < -0.3 is 10.6 Å². The molecular formula is C25H23N5O. The quantitative estimate of drug-likeness (QED) is 0.430. The SMILES string of the molecule is CC(C)c1cccc(NC(=O)c2cccc(Nc3ncccc3-c3ccncn3)c2)c1. The van der Waals surface area contributed by atoms with E-state index < -0.39 is 0 Å². The predicted octanol–water partition coefficient (Wildman–Crippen LogP) is 5.66. The van der Waals surface area contributed by atoms with Gasteiger partial charge in [0, 0.05) is 34.9 Å². The summed E-state index contributed by atoms with van der Waals surface area (Å²) < 4.78 is 0. The van der Waals surface area contributed by atoms with E-state index in [0.29, 0.717) is 17.3 Å². The van der Waals surface area contributed by atoms with Crippen molar-refractivity contribution >= 4 is 23.1 Å². The molecule has 1 amide bonds. The highest BCUT2D eigenvalue weighted by molar-refractivity contribution is 6.05. The van der Waals surface area contributed by atoms with Crippen LogP contribution in [0.3, 0.4) is 0 Å². The Bertz CT molecular complexity index is 1190. The van der Waals surface area contributed by atoms with Crippen LogP contribution in [0.4, 0.5) is 17.2 Å². The molecule has 0 unspecified atom stereocenters. The van der Waals surface area contributed by atoms with E-state index in [0.717, 1.165) is 22.6 Å². The first-order valence-corrected chi connectivity index (χ1v) is 10.1. The fraction of sp³-hybridized carbons (Fsp3) is 0.120. The van der Waals surface area contributed by atoms with Gasteiger partial charge in [-0.3, -0.25) is 4.79 Å². The third-order valence-electron chi connectivity index (χ3n) is 4.86. The Labute approximate surface area is 181 Å². The molecule has 6 nitrogen and oxygen atoms in total. The molecular weight excluding hydrogens is 386 g/mol. The number of pyridine rings is 1. The van der Waals surface area contributed by atoms with Crippen LogP contribution in [0, 0.1) is 0 Å². The average Bonchev–Trinajstić information content (AvgIpc) is 2.80. The maximum Gasteiger partial charge on any atom is 0.255 e. The summed E-state index contributed by atoms with van der Waals surface area (Å²) in [6.07, 6.45) is 4.91. The maximum atomic E-state index is 12.8. The van der Waals surface area contributed by atoms with E-state index in [4.69, 9.17) is 0 Å². The molecule has 4 rings (SSSR count). The smallest absolute Gasteiger partial charge is 0.255 e. The van der Waals surface area contributed by atoms with Crippen molar-refractivity contribution in [2.75, 3.05) is 10.6 Å². The normalized spacial score (nSPS) is 10.7. The number of nitrogens with one attached hydrogen (secondary N) is 2. The van der Waals surface area contributed by atoms with E-state index in [9.17, 15) is 4.79 Å². The van der Waals surface area contributed by atoms with Gasteiger partial charge in [-0.05, 0) is 60.0 Å². The Hall–Kier alpha value is -4.06. The number of carbonyl (C=O) groups excluding carboxylic acids is 1. The molecule has 4 aromatic rings. The van der Waals surface area contributed by atoms with Crippen LogP contribution in [-0.4, -0.2) is 20.9 Å². The van der Waals surface area contributed by atoms with Crippen LogP contribution in [0.1, 0.15) is 35.7 Å². The first-order valence-electron chi connectivity index (χ1n) is 10.1. The van der Waals surface area contributed by atoms with Gasteiger partial charge in [0.25, 0.3) is 5.91 Å². The van der Waals surface area contributed by atoms with Crippen molar-refractivity contribution < 1.29 is 4.79 Å². The number of rotatable bonds is 6. The Balaban J connectivity index is 1.55. The van der Waals surface area contributed by atoms with Gasteiger partial charge in [-0.2, -0.15) is 0 Å². The Morgan fingerprint density at radius 3 is 2.52 bits per heavy atom. The van der Waals surface area contributed by atoms with E-state index in [1.54, 1.807) is 24.5 Å². The van der Waals surface area contributed by atoms with Gasteiger partial charge in [-0.15, -0.1) is 0 Å². The molecule has 0 radical (unpaired) electrons. The Morgan fingerprint density at radius 1 is 0.871 bits per heavy atom. The van der Waals surface area contributed by atoms with Gasteiger partial charge in [0.15, 0.2) is 0 Å². The second kappa shape index (κ2) is 9.17. The summed E-state index contributed by atoms with van der Waals surface area (Å²) in [6, 6.07) is 20.9. The lowest BCUT2D eigenvalue weighted by atomic mass is 10.0. The van der Waals surface area contributed by atoms with Gasteiger partial charge >= 0.3 is 0 Å². The molecule has 154 valence electrons. The molecule has 0 saturated carbocycles. The molecule has 0 aliphatic rings. The monoisotopic (exact) mass is 409 g/mol. The van der Waals surface area contributed by atoms with Crippen LogP contribution < -0.4 is 10.6 Å². The van der Waals surface area contributed by atoms with E-state index in [-0.39, 0.29) is 5.91 Å². The molecule has 0 atom stereocenters. The minimum absolute atomic E-state index is 0.165. The Kier molecular flexibility index (Phi) is 5.98. The number of carbonyl (C=O) groups is 1. The van der Waals surface area contributed by atoms with Crippen LogP contribution in [0.5, 0.6) is 0 Å². The van der Waals surface area contributed by atoms with Gasteiger partial charge in [-0.1, -0.05) is 32.0 Å². The molecule has 2 heterocycles. The highest BCUT2D eigenvalue weighted by atomic mass is 16.1. The van der Waals surface area contributed by atoms with Crippen molar-refractivity contribution in [2.24, 2.45) is 0 Å². The third-order valence-corrected chi connectivity index (χ3v) is 4.86. The van der Waals surface area contributed by atoms with Crippen molar-refractivity contribution in [1.82, 2.24) is 15.0 Å². The summed E-state index contributed by atoms with van der Waals surface area (Å²) in [7, 11) is 0. The fourth-order valence-electron chi connectivity index (χ4n) is 3.22. The lowest BCUT2D eigenvalue weighted by Crippen LogP contribution is -2.12. The summed E-state index contributed by atoms with van der Waals surface area (Å²) in [6.45, 7) is 4.26.